The predicted octanol–water partition coefficient (Wildman–Crippen LogP) is 2.97. The van der Waals surface area contributed by atoms with Gasteiger partial charge in [-0.15, -0.1) is 24.0 Å². The Morgan fingerprint density at radius 2 is 2.12 bits per heavy atom. The largest absolute Gasteiger partial charge is 0.475 e. The van der Waals surface area contributed by atoms with Crippen LogP contribution in [0.5, 0.6) is 5.88 Å². The minimum atomic E-state index is 0. The summed E-state index contributed by atoms with van der Waals surface area (Å²) >= 11 is 0. The Balaban J connectivity index is 0.00000312. The molecule has 2 N–H and O–H groups in total. The third-order valence-corrected chi connectivity index (χ3v) is 3.65. The molecule has 0 amide bonds. The molecule has 1 aromatic heterocycles. The summed E-state index contributed by atoms with van der Waals surface area (Å²) in [5.41, 5.74) is 1.09. The van der Waals surface area contributed by atoms with Crippen LogP contribution < -0.4 is 15.4 Å². The highest BCUT2D eigenvalue weighted by atomic mass is 127. The van der Waals surface area contributed by atoms with E-state index >= 15 is 0 Å². The van der Waals surface area contributed by atoms with Crippen molar-refractivity contribution in [2.45, 2.75) is 45.8 Å². The van der Waals surface area contributed by atoms with Crippen LogP contribution in [0.15, 0.2) is 23.3 Å². The number of hydrogen-bond donors (Lipinski definition) is 2. The van der Waals surface area contributed by atoms with E-state index in [0.717, 1.165) is 43.6 Å². The SMILES string of the molecule is CN=C(NCCCOCC1CC1)NCc1ccc(OC(C)C)nc1.I. The summed E-state index contributed by atoms with van der Waals surface area (Å²) in [5, 5.41) is 6.58. The summed E-state index contributed by atoms with van der Waals surface area (Å²) in [6.07, 6.45) is 5.63. The number of hydrogen-bond acceptors (Lipinski definition) is 4. The van der Waals surface area contributed by atoms with Gasteiger partial charge in [0.15, 0.2) is 5.96 Å². The van der Waals surface area contributed by atoms with Gasteiger partial charge in [-0.3, -0.25) is 4.99 Å². The molecule has 0 aliphatic heterocycles. The molecular weight excluding hydrogens is 431 g/mol. The van der Waals surface area contributed by atoms with Crippen LogP contribution in [0.1, 0.15) is 38.7 Å². The van der Waals surface area contributed by atoms with E-state index in [0.29, 0.717) is 12.4 Å². The van der Waals surface area contributed by atoms with Crippen molar-refractivity contribution in [2.24, 2.45) is 10.9 Å². The number of ether oxygens (including phenoxy) is 2. The minimum Gasteiger partial charge on any atom is -0.475 e. The summed E-state index contributed by atoms with van der Waals surface area (Å²) < 4.78 is 11.2. The first-order chi connectivity index (χ1) is 11.7. The normalized spacial score (nSPS) is 14.2. The van der Waals surface area contributed by atoms with Crippen molar-refractivity contribution < 1.29 is 9.47 Å². The lowest BCUT2D eigenvalue weighted by molar-refractivity contribution is 0.123. The third-order valence-electron chi connectivity index (χ3n) is 3.65. The Morgan fingerprint density at radius 1 is 1.32 bits per heavy atom. The number of guanidine groups is 1. The summed E-state index contributed by atoms with van der Waals surface area (Å²) in [6, 6.07) is 3.90. The maximum Gasteiger partial charge on any atom is 0.213 e. The summed E-state index contributed by atoms with van der Waals surface area (Å²) in [7, 11) is 1.77. The lowest BCUT2D eigenvalue weighted by atomic mass is 10.3. The molecule has 0 bridgehead atoms. The number of nitrogens with zero attached hydrogens (tertiary/aromatic N) is 2. The molecule has 0 saturated heterocycles. The van der Waals surface area contributed by atoms with E-state index in [1.54, 1.807) is 7.05 Å². The zero-order chi connectivity index (χ0) is 17.2. The zero-order valence-electron chi connectivity index (χ0n) is 15.5. The Kier molecular flexibility index (Phi) is 10.8. The Bertz CT molecular complexity index is 504. The first-order valence-electron chi connectivity index (χ1n) is 8.81. The fourth-order valence-electron chi connectivity index (χ4n) is 2.15. The van der Waals surface area contributed by atoms with Gasteiger partial charge in [0.05, 0.1) is 6.10 Å². The molecule has 0 atom stereocenters. The van der Waals surface area contributed by atoms with Crippen molar-refractivity contribution >= 4 is 29.9 Å². The van der Waals surface area contributed by atoms with Gasteiger partial charge in [0, 0.05) is 45.6 Å². The Labute approximate surface area is 168 Å². The molecule has 6 nitrogen and oxygen atoms in total. The minimum absolute atomic E-state index is 0. The van der Waals surface area contributed by atoms with Gasteiger partial charge in [-0.1, -0.05) is 6.07 Å². The van der Waals surface area contributed by atoms with Gasteiger partial charge in [-0.2, -0.15) is 0 Å². The highest BCUT2D eigenvalue weighted by Gasteiger charge is 2.20. The Hall–Kier alpha value is -1.09. The van der Waals surface area contributed by atoms with E-state index in [9.17, 15) is 0 Å². The van der Waals surface area contributed by atoms with Crippen LogP contribution >= 0.6 is 24.0 Å². The topological polar surface area (TPSA) is 67.8 Å². The molecule has 1 aromatic rings. The van der Waals surface area contributed by atoms with E-state index in [-0.39, 0.29) is 30.1 Å². The van der Waals surface area contributed by atoms with Gasteiger partial charge < -0.3 is 20.1 Å². The molecule has 25 heavy (non-hydrogen) atoms. The van der Waals surface area contributed by atoms with Gasteiger partial charge in [0.2, 0.25) is 5.88 Å². The van der Waals surface area contributed by atoms with E-state index in [1.165, 1.54) is 12.8 Å². The van der Waals surface area contributed by atoms with Crippen molar-refractivity contribution in [3.8, 4) is 5.88 Å². The monoisotopic (exact) mass is 462 g/mol. The fourth-order valence-corrected chi connectivity index (χ4v) is 2.15. The third kappa shape index (κ3) is 9.84. The second-order valence-electron chi connectivity index (χ2n) is 6.40. The number of rotatable bonds is 10. The van der Waals surface area contributed by atoms with E-state index in [2.05, 4.69) is 20.6 Å². The van der Waals surface area contributed by atoms with Crippen LogP contribution in [0.25, 0.3) is 0 Å². The van der Waals surface area contributed by atoms with Crippen molar-refractivity contribution in [3.05, 3.63) is 23.9 Å². The number of nitrogens with one attached hydrogen (secondary N) is 2. The lowest BCUT2D eigenvalue weighted by Crippen LogP contribution is -2.37. The molecule has 142 valence electrons. The molecule has 0 radical (unpaired) electrons. The van der Waals surface area contributed by atoms with Gasteiger partial charge in [-0.05, 0) is 44.6 Å². The van der Waals surface area contributed by atoms with Crippen LogP contribution in [0.3, 0.4) is 0 Å². The van der Waals surface area contributed by atoms with Crippen LogP contribution in [0.2, 0.25) is 0 Å². The molecule has 1 saturated carbocycles. The standard InChI is InChI=1S/C18H30N4O2.HI/c1-14(2)24-17-8-7-16(11-21-17)12-22-18(19-3)20-9-4-10-23-13-15-5-6-15;/h7-8,11,14-15H,4-6,9-10,12-13H2,1-3H3,(H2,19,20,22);1H. The highest BCUT2D eigenvalue weighted by Crippen LogP contribution is 2.28. The van der Waals surface area contributed by atoms with Crippen LogP contribution in [-0.4, -0.2) is 43.9 Å². The van der Waals surface area contributed by atoms with Crippen LogP contribution in [0.4, 0.5) is 0 Å². The van der Waals surface area contributed by atoms with Crippen molar-refractivity contribution in [1.29, 1.82) is 0 Å². The molecule has 0 aromatic carbocycles. The number of pyridine rings is 1. The smallest absolute Gasteiger partial charge is 0.213 e. The van der Waals surface area contributed by atoms with Gasteiger partial charge in [0.1, 0.15) is 0 Å². The number of aromatic nitrogens is 1. The maximum atomic E-state index is 5.62. The second-order valence-corrected chi connectivity index (χ2v) is 6.40. The predicted molar refractivity (Wildman–Crippen MR) is 112 cm³/mol. The van der Waals surface area contributed by atoms with Crippen LogP contribution in [-0.2, 0) is 11.3 Å². The van der Waals surface area contributed by atoms with E-state index < -0.39 is 0 Å². The number of halogens is 1. The average molecular weight is 462 g/mol. The van der Waals surface area contributed by atoms with Gasteiger partial charge in [0.25, 0.3) is 0 Å². The van der Waals surface area contributed by atoms with Crippen molar-refractivity contribution in [3.63, 3.8) is 0 Å². The zero-order valence-corrected chi connectivity index (χ0v) is 17.8. The molecular formula is C18H31IN4O2. The lowest BCUT2D eigenvalue weighted by Gasteiger charge is -2.12. The second kappa shape index (κ2) is 12.3. The molecule has 2 rings (SSSR count). The number of aliphatic imine (C=N–C) groups is 1. The first kappa shape index (κ1) is 22.0. The van der Waals surface area contributed by atoms with E-state index in [1.807, 2.05) is 32.2 Å². The van der Waals surface area contributed by atoms with Crippen molar-refractivity contribution in [2.75, 3.05) is 26.8 Å². The summed E-state index contributed by atoms with van der Waals surface area (Å²) in [4.78, 5) is 8.52. The van der Waals surface area contributed by atoms with Gasteiger partial charge >= 0.3 is 0 Å². The highest BCUT2D eigenvalue weighted by molar-refractivity contribution is 14.0. The van der Waals surface area contributed by atoms with Gasteiger partial charge in [-0.25, -0.2) is 4.98 Å². The summed E-state index contributed by atoms with van der Waals surface area (Å²) in [5.74, 6) is 2.28. The summed E-state index contributed by atoms with van der Waals surface area (Å²) in [6.45, 7) is 7.24. The molecule has 1 heterocycles. The quantitative estimate of drug-likeness (QED) is 0.242. The maximum absolute atomic E-state index is 5.62. The molecule has 7 heteroatoms. The molecule has 1 fully saturated rings. The van der Waals surface area contributed by atoms with Crippen molar-refractivity contribution in [1.82, 2.24) is 15.6 Å². The molecule has 0 unspecified atom stereocenters. The molecule has 1 aliphatic rings. The van der Waals surface area contributed by atoms with Crippen LogP contribution in [0, 0.1) is 5.92 Å². The van der Waals surface area contributed by atoms with E-state index in [4.69, 9.17) is 9.47 Å². The Morgan fingerprint density at radius 3 is 2.72 bits per heavy atom. The first-order valence-corrected chi connectivity index (χ1v) is 8.81. The fraction of sp³-hybridized carbons (Fsp3) is 0.667. The average Bonchev–Trinajstić information content (AvgIpc) is 3.38. The molecule has 1 aliphatic carbocycles. The molecule has 0 spiro atoms.